The normalized spacial score (nSPS) is 27.5. The Morgan fingerprint density at radius 3 is 2.92 bits per heavy atom. The molecule has 1 aliphatic carbocycles. The molecule has 13 heavy (non-hydrogen) atoms. The lowest BCUT2D eigenvalue weighted by Crippen LogP contribution is -2.27. The van der Waals surface area contributed by atoms with E-state index in [0.29, 0.717) is 18.4 Å². The monoisotopic (exact) mass is 181 g/mol. The first-order valence-corrected chi connectivity index (χ1v) is 4.66. The molecule has 0 aromatic carbocycles. The second-order valence-corrected chi connectivity index (χ2v) is 3.60. The second-order valence-electron chi connectivity index (χ2n) is 3.60. The first kappa shape index (κ1) is 10.1. The summed E-state index contributed by atoms with van der Waals surface area (Å²) in [5, 5.41) is 8.30. The van der Waals surface area contributed by atoms with Gasteiger partial charge in [0, 0.05) is 18.4 Å². The third kappa shape index (κ3) is 3.95. The van der Waals surface area contributed by atoms with E-state index in [1.54, 1.807) is 0 Å². The quantitative estimate of drug-likeness (QED) is 0.593. The lowest BCUT2D eigenvalue weighted by atomic mass is 9.84. The van der Waals surface area contributed by atoms with Gasteiger partial charge >= 0.3 is 5.97 Å². The van der Waals surface area contributed by atoms with Gasteiger partial charge in [-0.15, -0.1) is 0 Å². The molecule has 3 nitrogen and oxygen atoms in total. The molecular formula is C10H15NO2. The van der Waals surface area contributed by atoms with Gasteiger partial charge < -0.3 is 10.8 Å². The van der Waals surface area contributed by atoms with Crippen molar-refractivity contribution >= 4 is 5.97 Å². The highest BCUT2D eigenvalue weighted by Crippen LogP contribution is 2.25. The van der Waals surface area contributed by atoms with Gasteiger partial charge in [-0.2, -0.15) is 0 Å². The van der Waals surface area contributed by atoms with Crippen molar-refractivity contribution in [2.45, 2.75) is 38.1 Å². The molecule has 0 heterocycles. The molecule has 0 radical (unpaired) electrons. The Balaban J connectivity index is 2.29. The Hall–Kier alpha value is -1.01. The number of carboxylic acid groups (broad SMARTS) is 1. The van der Waals surface area contributed by atoms with Crippen LogP contribution in [0.4, 0.5) is 0 Å². The number of hydrogen-bond donors (Lipinski definition) is 2. The minimum atomic E-state index is -1.04. The fourth-order valence-corrected chi connectivity index (χ4v) is 1.79. The number of carbonyl (C=O) groups is 1. The van der Waals surface area contributed by atoms with Crippen LogP contribution in [-0.2, 0) is 4.79 Å². The Morgan fingerprint density at radius 1 is 1.54 bits per heavy atom. The molecule has 1 saturated carbocycles. The zero-order valence-corrected chi connectivity index (χ0v) is 7.62. The lowest BCUT2D eigenvalue weighted by molar-refractivity contribution is -0.130. The van der Waals surface area contributed by atoms with Crippen LogP contribution in [0.15, 0.2) is 0 Å². The number of nitrogens with two attached hydrogens (primary N) is 1. The van der Waals surface area contributed by atoms with E-state index in [9.17, 15) is 4.79 Å². The molecule has 0 aliphatic heterocycles. The van der Waals surface area contributed by atoms with Crippen molar-refractivity contribution in [1.82, 2.24) is 0 Å². The first-order valence-electron chi connectivity index (χ1n) is 4.66. The van der Waals surface area contributed by atoms with Crippen molar-refractivity contribution < 1.29 is 9.90 Å². The number of rotatable bonds is 1. The third-order valence-corrected chi connectivity index (χ3v) is 2.41. The van der Waals surface area contributed by atoms with Gasteiger partial charge in [0.25, 0.3) is 0 Å². The maximum absolute atomic E-state index is 10.1. The third-order valence-electron chi connectivity index (χ3n) is 2.41. The average molecular weight is 181 g/mol. The smallest absolute Gasteiger partial charge is 0.381 e. The summed E-state index contributed by atoms with van der Waals surface area (Å²) in [5.41, 5.74) is 5.79. The summed E-state index contributed by atoms with van der Waals surface area (Å²) in [6.07, 6.45) is 5.07. The molecule has 0 bridgehead atoms. The van der Waals surface area contributed by atoms with Crippen molar-refractivity contribution in [3.05, 3.63) is 0 Å². The molecule has 3 N–H and O–H groups in total. The van der Waals surface area contributed by atoms with Gasteiger partial charge in [-0.3, -0.25) is 0 Å². The summed E-state index contributed by atoms with van der Waals surface area (Å²) in [6, 6.07) is 0.297. The summed E-state index contributed by atoms with van der Waals surface area (Å²) in [7, 11) is 0. The topological polar surface area (TPSA) is 63.3 Å². The van der Waals surface area contributed by atoms with E-state index in [1.165, 1.54) is 0 Å². The van der Waals surface area contributed by atoms with Gasteiger partial charge in [-0.25, -0.2) is 4.79 Å². The Morgan fingerprint density at radius 2 is 2.31 bits per heavy atom. The van der Waals surface area contributed by atoms with Crippen LogP contribution in [0.1, 0.15) is 32.1 Å². The lowest BCUT2D eigenvalue weighted by Gasteiger charge is -2.24. The van der Waals surface area contributed by atoms with Crippen molar-refractivity contribution in [3.63, 3.8) is 0 Å². The van der Waals surface area contributed by atoms with Gasteiger partial charge in [-0.1, -0.05) is 12.3 Å². The predicted molar refractivity (Wildman–Crippen MR) is 50.0 cm³/mol. The maximum atomic E-state index is 10.1. The van der Waals surface area contributed by atoms with Crippen LogP contribution in [0.2, 0.25) is 0 Å². The van der Waals surface area contributed by atoms with Crippen LogP contribution in [0.5, 0.6) is 0 Å². The summed E-state index contributed by atoms with van der Waals surface area (Å²) in [6.45, 7) is 0. The van der Waals surface area contributed by atoms with E-state index < -0.39 is 5.97 Å². The molecule has 2 atom stereocenters. The highest BCUT2D eigenvalue weighted by Gasteiger charge is 2.17. The van der Waals surface area contributed by atoms with Crippen LogP contribution in [-0.4, -0.2) is 17.1 Å². The summed E-state index contributed by atoms with van der Waals surface area (Å²) in [5.74, 6) is 4.27. The van der Waals surface area contributed by atoms with Gasteiger partial charge in [-0.05, 0) is 25.2 Å². The van der Waals surface area contributed by atoms with Gasteiger partial charge in [0.15, 0.2) is 0 Å². The molecule has 0 amide bonds. The van der Waals surface area contributed by atoms with E-state index in [1.807, 2.05) is 0 Å². The second kappa shape index (κ2) is 4.88. The van der Waals surface area contributed by atoms with Crippen molar-refractivity contribution in [2.24, 2.45) is 11.7 Å². The molecule has 0 saturated heterocycles. The van der Waals surface area contributed by atoms with Crippen molar-refractivity contribution in [3.8, 4) is 11.8 Å². The SMILES string of the molecule is NC1CCCC(CC#CC(=O)O)C1. The van der Waals surface area contributed by atoms with E-state index >= 15 is 0 Å². The molecule has 0 aromatic heterocycles. The maximum Gasteiger partial charge on any atom is 0.381 e. The highest BCUT2D eigenvalue weighted by atomic mass is 16.4. The molecule has 0 spiro atoms. The molecule has 72 valence electrons. The Bertz CT molecular complexity index is 239. The highest BCUT2D eigenvalue weighted by molar-refractivity contribution is 5.86. The first-order chi connectivity index (χ1) is 6.18. The van der Waals surface area contributed by atoms with Crippen LogP contribution in [0.3, 0.4) is 0 Å². The van der Waals surface area contributed by atoms with E-state index in [2.05, 4.69) is 11.8 Å². The fourth-order valence-electron chi connectivity index (χ4n) is 1.79. The summed E-state index contributed by atoms with van der Waals surface area (Å²) >= 11 is 0. The number of hydrogen-bond acceptors (Lipinski definition) is 2. The van der Waals surface area contributed by atoms with Gasteiger partial charge in [0.1, 0.15) is 0 Å². The molecule has 0 aromatic rings. The van der Waals surface area contributed by atoms with Gasteiger partial charge in [0.05, 0.1) is 0 Å². The predicted octanol–water partition coefficient (Wildman–Crippen LogP) is 0.982. The summed E-state index contributed by atoms with van der Waals surface area (Å²) in [4.78, 5) is 10.1. The molecule has 1 aliphatic rings. The van der Waals surface area contributed by atoms with Crippen molar-refractivity contribution in [1.29, 1.82) is 0 Å². The van der Waals surface area contributed by atoms with Crippen LogP contribution in [0, 0.1) is 17.8 Å². The summed E-state index contributed by atoms with van der Waals surface area (Å²) < 4.78 is 0. The zero-order valence-electron chi connectivity index (χ0n) is 7.62. The molecule has 2 unspecified atom stereocenters. The minimum absolute atomic E-state index is 0.297. The molecule has 1 rings (SSSR count). The zero-order chi connectivity index (χ0) is 9.68. The van der Waals surface area contributed by atoms with Crippen molar-refractivity contribution in [2.75, 3.05) is 0 Å². The molecule has 1 fully saturated rings. The molecular weight excluding hydrogens is 166 g/mol. The number of aliphatic carboxylic acids is 1. The standard InChI is InChI=1S/C10H15NO2/c11-9-5-1-3-8(7-9)4-2-6-10(12)13/h8-9H,1,3-5,7,11H2,(H,12,13). The van der Waals surface area contributed by atoms with Crippen LogP contribution in [0.25, 0.3) is 0 Å². The average Bonchev–Trinajstić information content (AvgIpc) is 2.03. The van der Waals surface area contributed by atoms with E-state index in [-0.39, 0.29) is 0 Å². The molecule has 3 heteroatoms. The van der Waals surface area contributed by atoms with Crippen LogP contribution >= 0.6 is 0 Å². The largest absolute Gasteiger partial charge is 0.472 e. The van der Waals surface area contributed by atoms with E-state index in [4.69, 9.17) is 10.8 Å². The number of carboxylic acids is 1. The van der Waals surface area contributed by atoms with Gasteiger partial charge in [0.2, 0.25) is 0 Å². The minimum Gasteiger partial charge on any atom is -0.472 e. The Kier molecular flexibility index (Phi) is 3.78. The van der Waals surface area contributed by atoms with E-state index in [0.717, 1.165) is 25.7 Å². The van der Waals surface area contributed by atoms with Crippen LogP contribution < -0.4 is 5.73 Å². The Labute approximate surface area is 78.3 Å². The fraction of sp³-hybridized carbons (Fsp3) is 0.700.